The number of rotatable bonds is 5. The lowest BCUT2D eigenvalue weighted by Crippen LogP contribution is -2.42. The molecule has 0 amide bonds. The van der Waals surface area contributed by atoms with Crippen LogP contribution in [0, 0.1) is 0 Å². The van der Waals surface area contributed by atoms with Crippen LogP contribution in [-0.4, -0.2) is 59.9 Å². The molecule has 0 radical (unpaired) electrons. The minimum absolute atomic E-state index is 0.0530. The summed E-state index contributed by atoms with van der Waals surface area (Å²) in [5.41, 5.74) is -0.702. The fourth-order valence-corrected chi connectivity index (χ4v) is 2.76. The lowest BCUT2D eigenvalue weighted by molar-refractivity contribution is -0.0802. The molecular formula is C16H17N3O6. The molecule has 0 bridgehead atoms. The summed E-state index contributed by atoms with van der Waals surface area (Å²) in [6.07, 6.45) is -4.60. The molecule has 0 saturated heterocycles. The van der Waals surface area contributed by atoms with E-state index in [1.54, 1.807) is 30.3 Å². The summed E-state index contributed by atoms with van der Waals surface area (Å²) in [5.74, 6) is 0.0530. The summed E-state index contributed by atoms with van der Waals surface area (Å²) in [5, 5.41) is 39.2. The summed E-state index contributed by atoms with van der Waals surface area (Å²) in [4.78, 5) is 29.6. The van der Waals surface area contributed by atoms with Crippen LogP contribution in [0.2, 0.25) is 0 Å². The van der Waals surface area contributed by atoms with Crippen molar-refractivity contribution < 1.29 is 20.4 Å². The maximum Gasteiger partial charge on any atom is 0.349 e. The number of hydrogen-bond donors (Lipinski definition) is 5. The molecule has 25 heavy (non-hydrogen) atoms. The van der Waals surface area contributed by atoms with Crippen molar-refractivity contribution >= 4 is 10.9 Å². The van der Waals surface area contributed by atoms with E-state index in [1.807, 2.05) is 0 Å². The van der Waals surface area contributed by atoms with E-state index in [0.29, 0.717) is 10.9 Å². The number of para-hydroxylation sites is 1. The Morgan fingerprint density at radius 3 is 2.56 bits per heavy atom. The number of aliphatic hydroxyl groups excluding tert-OH is 4. The fraction of sp³-hybridized carbons (Fsp3) is 0.312. The number of pyridine rings is 1. The zero-order valence-corrected chi connectivity index (χ0v) is 13.0. The van der Waals surface area contributed by atoms with Crippen molar-refractivity contribution in [1.29, 1.82) is 0 Å². The molecule has 0 aromatic heterocycles. The molecule has 9 nitrogen and oxygen atoms in total. The molecule has 2 aliphatic rings. The monoisotopic (exact) mass is 347 g/mol. The zero-order valence-electron chi connectivity index (χ0n) is 13.0. The normalized spacial score (nSPS) is 15.4. The largest absolute Gasteiger partial charge is 0.394 e. The highest BCUT2D eigenvalue weighted by Gasteiger charge is 2.26. The van der Waals surface area contributed by atoms with Gasteiger partial charge in [-0.2, -0.15) is 4.98 Å². The van der Waals surface area contributed by atoms with Gasteiger partial charge in [0.2, 0.25) is 0 Å². The first kappa shape index (κ1) is 17.2. The van der Waals surface area contributed by atoms with Crippen molar-refractivity contribution in [2.75, 3.05) is 6.61 Å². The van der Waals surface area contributed by atoms with Gasteiger partial charge in [0, 0.05) is 5.52 Å². The van der Waals surface area contributed by atoms with Crippen LogP contribution in [0.3, 0.4) is 0 Å². The van der Waals surface area contributed by atoms with Crippen LogP contribution in [0.15, 0.2) is 39.9 Å². The average Bonchev–Trinajstić information content (AvgIpc) is 2.60. The van der Waals surface area contributed by atoms with Gasteiger partial charge in [0.15, 0.2) is 5.82 Å². The Morgan fingerprint density at radius 1 is 1.12 bits per heavy atom. The number of benzene rings is 1. The van der Waals surface area contributed by atoms with Crippen LogP contribution >= 0.6 is 0 Å². The zero-order chi connectivity index (χ0) is 18.1. The molecule has 2 heterocycles. The summed E-state index contributed by atoms with van der Waals surface area (Å²) in [6.45, 7) is -0.965. The van der Waals surface area contributed by atoms with E-state index < -0.39 is 36.2 Å². The number of nitrogens with zero attached hydrogens (tertiary/aromatic N) is 2. The summed E-state index contributed by atoms with van der Waals surface area (Å²) >= 11 is 0. The minimum Gasteiger partial charge on any atom is -0.394 e. The van der Waals surface area contributed by atoms with E-state index in [2.05, 4.69) is 9.97 Å². The lowest BCUT2D eigenvalue weighted by Gasteiger charge is -2.25. The van der Waals surface area contributed by atoms with Gasteiger partial charge in [-0.15, -0.1) is 0 Å². The topological polar surface area (TPSA) is 149 Å². The van der Waals surface area contributed by atoms with Crippen LogP contribution in [0.25, 0.3) is 22.3 Å². The molecule has 3 atom stereocenters. The van der Waals surface area contributed by atoms with Gasteiger partial charge < -0.3 is 25.0 Å². The van der Waals surface area contributed by atoms with Crippen LogP contribution < -0.4 is 11.2 Å². The first-order valence-corrected chi connectivity index (χ1v) is 7.60. The number of aromatic amines is 1. The SMILES string of the molecule is O=c1nc2n(CC(O)C(O)C(O)CO)c3ccccc3cc-2c(=O)[nH]1. The Balaban J connectivity index is 2.20. The van der Waals surface area contributed by atoms with Crippen molar-refractivity contribution in [1.82, 2.24) is 14.5 Å². The van der Waals surface area contributed by atoms with Gasteiger partial charge in [0.25, 0.3) is 5.56 Å². The van der Waals surface area contributed by atoms with Crippen molar-refractivity contribution in [3.63, 3.8) is 0 Å². The van der Waals surface area contributed by atoms with Gasteiger partial charge in [-0.25, -0.2) is 4.79 Å². The van der Waals surface area contributed by atoms with Crippen molar-refractivity contribution in [2.45, 2.75) is 24.9 Å². The Bertz CT molecular complexity index is 982. The lowest BCUT2D eigenvalue weighted by atomic mass is 10.1. The predicted molar refractivity (Wildman–Crippen MR) is 88.4 cm³/mol. The minimum atomic E-state index is -1.61. The first-order valence-electron chi connectivity index (χ1n) is 7.60. The maximum atomic E-state index is 12.1. The van der Waals surface area contributed by atoms with E-state index in [-0.39, 0.29) is 17.9 Å². The number of H-pyrrole nitrogens is 1. The van der Waals surface area contributed by atoms with Gasteiger partial charge in [-0.05, 0) is 17.5 Å². The Morgan fingerprint density at radius 2 is 1.84 bits per heavy atom. The van der Waals surface area contributed by atoms with Crippen molar-refractivity contribution in [2.24, 2.45) is 0 Å². The molecule has 3 rings (SSSR count). The standard InChI is InChI=1S/C16H17N3O6/c20-7-12(22)13(23)11(21)6-19-10-4-2-1-3-8(10)5-9-14(19)17-16(25)18-15(9)24/h1-5,11-13,20-23H,6-7H2,(H,18,24,25). The van der Waals surface area contributed by atoms with Crippen LogP contribution in [0.4, 0.5) is 0 Å². The van der Waals surface area contributed by atoms with Gasteiger partial charge in [-0.3, -0.25) is 9.78 Å². The molecule has 0 spiro atoms. The second kappa shape index (κ2) is 6.73. The molecule has 9 heteroatoms. The number of fused-ring (bicyclic) bond motifs is 2. The maximum absolute atomic E-state index is 12.1. The number of nitrogens with one attached hydrogen (secondary N) is 1. The van der Waals surface area contributed by atoms with E-state index in [4.69, 9.17) is 5.11 Å². The number of hydrogen-bond acceptors (Lipinski definition) is 7. The Hall–Kier alpha value is -2.59. The number of aromatic nitrogens is 3. The van der Waals surface area contributed by atoms with E-state index in [1.165, 1.54) is 4.57 Å². The predicted octanol–water partition coefficient (Wildman–Crippen LogP) is -1.74. The molecule has 2 aliphatic heterocycles. The smallest absolute Gasteiger partial charge is 0.349 e. The molecule has 5 N–H and O–H groups in total. The van der Waals surface area contributed by atoms with E-state index in [0.717, 1.165) is 0 Å². The highest BCUT2D eigenvalue weighted by Crippen LogP contribution is 2.24. The van der Waals surface area contributed by atoms with Gasteiger partial charge in [0.1, 0.15) is 18.3 Å². The Kier molecular flexibility index (Phi) is 4.64. The van der Waals surface area contributed by atoms with Crippen molar-refractivity contribution in [3.05, 3.63) is 51.2 Å². The summed E-state index contributed by atoms with van der Waals surface area (Å²) < 4.78 is 1.43. The van der Waals surface area contributed by atoms with Crippen LogP contribution in [-0.2, 0) is 6.54 Å². The summed E-state index contributed by atoms with van der Waals surface area (Å²) in [7, 11) is 0. The van der Waals surface area contributed by atoms with Crippen LogP contribution in [0.5, 0.6) is 0 Å². The summed E-state index contributed by atoms with van der Waals surface area (Å²) in [6, 6.07) is 8.55. The molecule has 0 saturated carbocycles. The first-order chi connectivity index (χ1) is 11.9. The molecule has 1 aromatic carbocycles. The van der Waals surface area contributed by atoms with Crippen LogP contribution in [0.1, 0.15) is 0 Å². The molecular weight excluding hydrogens is 330 g/mol. The number of aliphatic hydroxyl groups is 4. The highest BCUT2D eigenvalue weighted by atomic mass is 16.4. The third-order valence-corrected chi connectivity index (χ3v) is 4.04. The Labute approximate surface area is 140 Å². The highest BCUT2D eigenvalue weighted by molar-refractivity contribution is 5.85. The molecule has 0 aliphatic carbocycles. The third-order valence-electron chi connectivity index (χ3n) is 4.04. The second-order valence-electron chi connectivity index (χ2n) is 5.73. The quantitative estimate of drug-likeness (QED) is 0.344. The average molecular weight is 347 g/mol. The molecule has 0 fully saturated rings. The van der Waals surface area contributed by atoms with Gasteiger partial charge in [-0.1, -0.05) is 18.2 Å². The van der Waals surface area contributed by atoms with Gasteiger partial charge in [0.05, 0.1) is 18.7 Å². The van der Waals surface area contributed by atoms with Crippen molar-refractivity contribution in [3.8, 4) is 11.4 Å². The van der Waals surface area contributed by atoms with E-state index >= 15 is 0 Å². The fourth-order valence-electron chi connectivity index (χ4n) is 2.76. The molecule has 3 unspecified atom stereocenters. The molecule has 132 valence electrons. The second-order valence-corrected chi connectivity index (χ2v) is 5.73. The third kappa shape index (κ3) is 3.17. The van der Waals surface area contributed by atoms with Gasteiger partial charge >= 0.3 is 5.69 Å². The van der Waals surface area contributed by atoms with E-state index in [9.17, 15) is 24.9 Å². The molecule has 1 aromatic rings.